The van der Waals surface area contributed by atoms with Gasteiger partial charge in [-0.2, -0.15) is 0 Å². The third-order valence-corrected chi connectivity index (χ3v) is 3.63. The van der Waals surface area contributed by atoms with Gasteiger partial charge in [0.25, 0.3) is 5.91 Å². The number of carbonyl (C=O) groups excluding carboxylic acids is 1. The molecule has 1 aromatic carbocycles. The molecule has 0 aromatic heterocycles. The Morgan fingerprint density at radius 2 is 2.00 bits per heavy atom. The lowest BCUT2D eigenvalue weighted by molar-refractivity contribution is -0.141. The topological polar surface area (TPSA) is 66.8 Å². The summed E-state index contributed by atoms with van der Waals surface area (Å²) in [6.45, 7) is 3.11. The van der Waals surface area contributed by atoms with Crippen LogP contribution in [0.15, 0.2) is 24.3 Å². The van der Waals surface area contributed by atoms with Gasteiger partial charge in [-0.25, -0.2) is 4.79 Å². The predicted octanol–water partition coefficient (Wildman–Crippen LogP) is 1.77. The molecule has 5 nitrogen and oxygen atoms in total. The predicted molar refractivity (Wildman–Crippen MR) is 73.4 cm³/mol. The van der Waals surface area contributed by atoms with Gasteiger partial charge >= 0.3 is 5.97 Å². The average molecular weight is 277 g/mol. The molecular weight excluding hydrogens is 258 g/mol. The quantitative estimate of drug-likeness (QED) is 0.910. The molecule has 0 saturated carbocycles. The normalized spacial score (nSPS) is 21.7. The van der Waals surface area contributed by atoms with Crippen molar-refractivity contribution >= 4 is 11.9 Å². The Labute approximate surface area is 118 Å². The van der Waals surface area contributed by atoms with E-state index < -0.39 is 5.97 Å². The smallest absolute Gasteiger partial charge is 0.335 e. The first-order valence-electron chi connectivity index (χ1n) is 6.68. The molecule has 2 unspecified atom stereocenters. The number of nitrogens with zero attached hydrogens (tertiary/aromatic N) is 1. The van der Waals surface area contributed by atoms with Gasteiger partial charge in [0.1, 0.15) is 6.10 Å². The summed E-state index contributed by atoms with van der Waals surface area (Å²) in [5.74, 6) is -0.717. The van der Waals surface area contributed by atoms with Crippen LogP contribution in [0.1, 0.15) is 29.3 Å². The minimum atomic E-state index is -0.950. The number of aromatic carboxylic acids is 1. The van der Waals surface area contributed by atoms with Crippen LogP contribution in [0.4, 0.5) is 0 Å². The van der Waals surface area contributed by atoms with Crippen molar-refractivity contribution in [2.75, 3.05) is 13.7 Å². The lowest BCUT2D eigenvalue weighted by atomic mass is 10.0. The van der Waals surface area contributed by atoms with Gasteiger partial charge in [-0.15, -0.1) is 0 Å². The van der Waals surface area contributed by atoms with Gasteiger partial charge in [-0.1, -0.05) is 19.1 Å². The highest BCUT2D eigenvalue weighted by Crippen LogP contribution is 2.22. The summed E-state index contributed by atoms with van der Waals surface area (Å²) < 4.78 is 5.47. The third-order valence-electron chi connectivity index (χ3n) is 3.63. The second-order valence-corrected chi connectivity index (χ2v) is 5.25. The van der Waals surface area contributed by atoms with E-state index >= 15 is 0 Å². The van der Waals surface area contributed by atoms with Crippen LogP contribution < -0.4 is 0 Å². The minimum absolute atomic E-state index is 0.0164. The van der Waals surface area contributed by atoms with Crippen molar-refractivity contribution in [1.29, 1.82) is 0 Å². The number of ether oxygens (including phenoxy) is 1. The second-order valence-electron chi connectivity index (χ2n) is 5.25. The Kier molecular flexibility index (Phi) is 4.39. The van der Waals surface area contributed by atoms with Crippen molar-refractivity contribution in [3.63, 3.8) is 0 Å². The zero-order valence-corrected chi connectivity index (χ0v) is 11.7. The van der Waals surface area contributed by atoms with E-state index in [0.29, 0.717) is 13.2 Å². The van der Waals surface area contributed by atoms with E-state index in [4.69, 9.17) is 9.84 Å². The largest absolute Gasteiger partial charge is 0.478 e. The Hall–Kier alpha value is -1.88. The number of likely N-dealkylation sites (N-methyl/N-ethyl adjacent to an activating group) is 1. The van der Waals surface area contributed by atoms with Crippen molar-refractivity contribution in [3.8, 4) is 0 Å². The lowest BCUT2D eigenvalue weighted by Gasteiger charge is -2.23. The van der Waals surface area contributed by atoms with Gasteiger partial charge in [0.05, 0.1) is 5.56 Å². The third kappa shape index (κ3) is 3.17. The molecule has 108 valence electrons. The summed E-state index contributed by atoms with van der Waals surface area (Å²) in [5.41, 5.74) is 1.15. The van der Waals surface area contributed by atoms with Crippen LogP contribution in [-0.2, 0) is 16.1 Å². The summed E-state index contributed by atoms with van der Waals surface area (Å²) in [7, 11) is 1.74. The van der Waals surface area contributed by atoms with Gasteiger partial charge in [-0.3, -0.25) is 4.79 Å². The first kappa shape index (κ1) is 14.5. The zero-order valence-electron chi connectivity index (χ0n) is 11.7. The average Bonchev–Trinajstić information content (AvgIpc) is 2.84. The molecule has 1 saturated heterocycles. The van der Waals surface area contributed by atoms with Gasteiger partial charge in [0.15, 0.2) is 0 Å². The lowest BCUT2D eigenvalue weighted by Crippen LogP contribution is -2.38. The van der Waals surface area contributed by atoms with Crippen LogP contribution in [0.25, 0.3) is 0 Å². The molecule has 2 atom stereocenters. The van der Waals surface area contributed by atoms with E-state index in [-0.39, 0.29) is 23.5 Å². The highest BCUT2D eigenvalue weighted by Gasteiger charge is 2.32. The van der Waals surface area contributed by atoms with Crippen molar-refractivity contribution in [3.05, 3.63) is 35.4 Å². The maximum Gasteiger partial charge on any atom is 0.335 e. The maximum absolute atomic E-state index is 12.2. The molecule has 5 heteroatoms. The summed E-state index contributed by atoms with van der Waals surface area (Å²) in [5, 5.41) is 8.84. The van der Waals surface area contributed by atoms with Crippen molar-refractivity contribution in [2.24, 2.45) is 5.92 Å². The number of carboxylic acid groups (broad SMARTS) is 1. The summed E-state index contributed by atoms with van der Waals surface area (Å²) >= 11 is 0. The van der Waals surface area contributed by atoms with Crippen LogP contribution in [0.5, 0.6) is 0 Å². The highest BCUT2D eigenvalue weighted by atomic mass is 16.5. The number of amides is 1. The molecule has 20 heavy (non-hydrogen) atoms. The van der Waals surface area contributed by atoms with E-state index in [1.807, 2.05) is 6.92 Å². The molecule has 1 aromatic rings. The van der Waals surface area contributed by atoms with Gasteiger partial charge < -0.3 is 14.7 Å². The second kappa shape index (κ2) is 6.05. The summed E-state index contributed by atoms with van der Waals surface area (Å²) in [4.78, 5) is 24.6. The van der Waals surface area contributed by atoms with E-state index in [1.165, 1.54) is 0 Å². The maximum atomic E-state index is 12.2. The fourth-order valence-electron chi connectivity index (χ4n) is 2.33. The van der Waals surface area contributed by atoms with Crippen LogP contribution in [0.3, 0.4) is 0 Å². The molecular formula is C15H19NO4. The fourth-order valence-corrected chi connectivity index (χ4v) is 2.33. The molecule has 1 aliphatic rings. The summed E-state index contributed by atoms with van der Waals surface area (Å²) in [6, 6.07) is 6.55. The van der Waals surface area contributed by atoms with E-state index in [1.54, 1.807) is 36.2 Å². The molecule has 0 spiro atoms. The Morgan fingerprint density at radius 3 is 2.50 bits per heavy atom. The number of carboxylic acids is 1. The molecule has 0 radical (unpaired) electrons. The van der Waals surface area contributed by atoms with Crippen molar-refractivity contribution in [1.82, 2.24) is 4.90 Å². The molecule has 0 bridgehead atoms. The minimum Gasteiger partial charge on any atom is -0.478 e. The molecule has 1 heterocycles. The molecule has 1 fully saturated rings. The van der Waals surface area contributed by atoms with E-state index in [0.717, 1.165) is 12.0 Å². The Bertz CT molecular complexity index is 497. The molecule has 1 aliphatic heterocycles. The first-order valence-corrected chi connectivity index (χ1v) is 6.68. The number of benzene rings is 1. The number of hydrogen-bond acceptors (Lipinski definition) is 3. The number of carbonyl (C=O) groups is 2. The monoisotopic (exact) mass is 277 g/mol. The molecule has 1 N–H and O–H groups in total. The van der Waals surface area contributed by atoms with Crippen molar-refractivity contribution in [2.45, 2.75) is 26.0 Å². The fraction of sp³-hybridized carbons (Fsp3) is 0.467. The highest BCUT2D eigenvalue weighted by molar-refractivity contribution is 5.87. The molecule has 2 rings (SSSR count). The zero-order chi connectivity index (χ0) is 14.7. The van der Waals surface area contributed by atoms with Crippen LogP contribution in [0.2, 0.25) is 0 Å². The standard InChI is InChI=1S/C15H19NO4/c1-10-7-8-20-13(10)14(17)16(2)9-11-3-5-12(6-4-11)15(18)19/h3-6,10,13H,7-9H2,1-2H3,(H,18,19). The first-order chi connectivity index (χ1) is 9.49. The number of rotatable bonds is 4. The van der Waals surface area contributed by atoms with Crippen molar-refractivity contribution < 1.29 is 19.4 Å². The Morgan fingerprint density at radius 1 is 1.35 bits per heavy atom. The van der Waals surface area contributed by atoms with E-state index in [9.17, 15) is 9.59 Å². The SMILES string of the molecule is CC1CCOC1C(=O)N(C)Cc1ccc(C(=O)O)cc1. The van der Waals surface area contributed by atoms with E-state index in [2.05, 4.69) is 0 Å². The Balaban J connectivity index is 1.98. The van der Waals surface area contributed by atoms with Gasteiger partial charge in [-0.05, 0) is 30.0 Å². The van der Waals surface area contributed by atoms with Gasteiger partial charge in [0.2, 0.25) is 0 Å². The van der Waals surface area contributed by atoms with Crippen LogP contribution in [0, 0.1) is 5.92 Å². The summed E-state index contributed by atoms with van der Waals surface area (Å²) in [6.07, 6.45) is 0.565. The van der Waals surface area contributed by atoms with Gasteiger partial charge in [0, 0.05) is 20.2 Å². The number of hydrogen-bond donors (Lipinski definition) is 1. The molecule has 0 aliphatic carbocycles. The van der Waals surface area contributed by atoms with Crippen LogP contribution in [-0.4, -0.2) is 41.6 Å². The van der Waals surface area contributed by atoms with Crippen LogP contribution >= 0.6 is 0 Å². The molecule has 1 amide bonds.